The molecule has 1 rings (SSSR count). The predicted molar refractivity (Wildman–Crippen MR) is 79.3 cm³/mol. The predicted octanol–water partition coefficient (Wildman–Crippen LogP) is 2.69. The minimum Gasteiger partial charge on any atom is -0.282 e. The van der Waals surface area contributed by atoms with Gasteiger partial charge in [0.2, 0.25) is 0 Å². The molecule has 0 aromatic heterocycles. The average molecular weight is 325 g/mol. The van der Waals surface area contributed by atoms with Crippen LogP contribution in [-0.2, 0) is 19.2 Å². The summed E-state index contributed by atoms with van der Waals surface area (Å²) in [5.74, 6) is 0. The van der Waals surface area contributed by atoms with E-state index >= 15 is 0 Å². The van der Waals surface area contributed by atoms with Crippen LogP contribution in [-0.4, -0.2) is 37.7 Å². The van der Waals surface area contributed by atoms with Crippen molar-refractivity contribution in [3.05, 3.63) is 29.8 Å². The Morgan fingerprint density at radius 2 is 1.60 bits per heavy atom. The molecule has 0 aliphatic rings. The Morgan fingerprint density at radius 1 is 1.15 bits per heavy atom. The van der Waals surface area contributed by atoms with Crippen molar-refractivity contribution in [2.45, 2.75) is 25.7 Å². The normalized spacial score (nSPS) is 11.7. The van der Waals surface area contributed by atoms with E-state index < -0.39 is 18.1 Å². The number of benzene rings is 1. The van der Waals surface area contributed by atoms with Crippen molar-refractivity contribution in [3.8, 4) is 0 Å². The second-order valence-corrected chi connectivity index (χ2v) is 7.39. The molecule has 2 N–H and O–H groups in total. The molecule has 0 spiro atoms. The number of aryl methyl sites for hydroxylation is 1. The molecule has 6 nitrogen and oxygen atoms in total. The average Bonchev–Trinajstić information content (AvgIpc) is 2.28. The van der Waals surface area contributed by atoms with Crippen molar-refractivity contribution in [2.75, 3.05) is 19.9 Å². The van der Waals surface area contributed by atoms with Crippen LogP contribution in [0.15, 0.2) is 29.2 Å². The van der Waals surface area contributed by atoms with Crippen molar-refractivity contribution >= 4 is 18.1 Å². The zero-order chi connectivity index (χ0) is 15.8. The quantitative estimate of drug-likeness (QED) is 0.638. The molecule has 20 heavy (non-hydrogen) atoms. The monoisotopic (exact) mass is 325 g/mol. The molecule has 0 heterocycles. The molecule has 0 aliphatic carbocycles. The van der Waals surface area contributed by atoms with Crippen molar-refractivity contribution in [1.82, 2.24) is 0 Å². The fraction of sp³-hybridized carbons (Fsp3) is 0.500. The largest absolute Gasteiger partial charge is 0.405 e. The van der Waals surface area contributed by atoms with E-state index in [9.17, 15) is 13.3 Å². The van der Waals surface area contributed by atoms with E-state index in [1.54, 1.807) is 31.8 Å². The summed E-state index contributed by atoms with van der Waals surface area (Å²) in [5, 5.41) is 0. The van der Waals surface area contributed by atoms with Gasteiger partial charge in [-0.2, -0.15) is 22.4 Å². The lowest BCUT2D eigenvalue weighted by Crippen LogP contribution is -1.99. The number of hydrogen-bond donors (Lipinski definition) is 2. The first kappa shape index (κ1) is 19.4. The van der Waals surface area contributed by atoms with Crippen LogP contribution in [0.2, 0.25) is 0 Å². The molecule has 0 amide bonds. The maximum absolute atomic E-state index is 10.6. The van der Waals surface area contributed by atoms with E-state index in [0.29, 0.717) is 18.8 Å². The lowest BCUT2D eigenvalue weighted by atomic mass is 10.2. The van der Waals surface area contributed by atoms with E-state index in [1.807, 2.05) is 13.8 Å². The number of rotatable bonds is 5. The molecule has 0 atom stereocenters. The van der Waals surface area contributed by atoms with Gasteiger partial charge in [0, 0.05) is 0 Å². The van der Waals surface area contributed by atoms with Crippen molar-refractivity contribution < 1.29 is 26.9 Å². The van der Waals surface area contributed by atoms with Crippen LogP contribution in [0.4, 0.5) is 0 Å². The summed E-state index contributed by atoms with van der Waals surface area (Å²) >= 11 is 0. The Kier molecular flexibility index (Phi) is 8.42. The van der Waals surface area contributed by atoms with Crippen molar-refractivity contribution in [3.63, 3.8) is 0 Å². The van der Waals surface area contributed by atoms with Crippen LogP contribution in [0.3, 0.4) is 0 Å². The molecule has 1 aromatic rings. The maximum Gasteiger partial charge on any atom is 0.405 e. The summed E-state index contributed by atoms with van der Waals surface area (Å²) in [7, 11) is -6.48. The van der Waals surface area contributed by atoms with Crippen molar-refractivity contribution in [2.24, 2.45) is 0 Å². The van der Waals surface area contributed by atoms with Gasteiger partial charge in [0.15, 0.2) is 0 Å². The third-order valence-corrected chi connectivity index (χ3v) is 4.60. The molecule has 0 saturated carbocycles. The third-order valence-electron chi connectivity index (χ3n) is 2.11. The smallest absolute Gasteiger partial charge is 0.282 e. The zero-order valence-electron chi connectivity index (χ0n) is 12.1. The summed E-state index contributed by atoms with van der Waals surface area (Å²) in [6.45, 7) is 7.87. The van der Waals surface area contributed by atoms with Gasteiger partial charge in [-0.3, -0.25) is 4.55 Å². The zero-order valence-corrected chi connectivity index (χ0v) is 13.8. The van der Waals surface area contributed by atoms with Crippen molar-refractivity contribution in [1.29, 1.82) is 0 Å². The molecular weight excluding hydrogens is 303 g/mol. The van der Waals surface area contributed by atoms with Crippen LogP contribution in [0.1, 0.15) is 19.4 Å². The molecule has 0 unspecified atom stereocenters. The van der Waals surface area contributed by atoms with E-state index in [1.165, 1.54) is 6.07 Å². The standard InChI is InChI=1S/C7H8O3S.C5H14O3P/c1-6-4-2-3-5-7(6)11(8,9)10;1-4-7-9(3,6)8-5-2/h2-5H,1H3,(H,8,9,10);6H,4-5H2,1-3H3/q;+1. The first-order valence-electron chi connectivity index (χ1n) is 6.05. The minimum atomic E-state index is -4.03. The Hall–Kier alpha value is -0.560. The van der Waals surface area contributed by atoms with Gasteiger partial charge in [0.05, 0.1) is 18.1 Å². The Labute approximate surface area is 121 Å². The molecule has 1 aromatic carbocycles. The summed E-state index contributed by atoms with van der Waals surface area (Å²) in [6, 6.07) is 6.27. The first-order chi connectivity index (χ1) is 9.14. The van der Waals surface area contributed by atoms with E-state index in [0.717, 1.165) is 0 Å². The Morgan fingerprint density at radius 3 is 1.90 bits per heavy atom. The Bertz CT molecular complexity index is 492. The van der Waals surface area contributed by atoms with Gasteiger partial charge in [-0.15, -0.1) is 0 Å². The number of hydrogen-bond acceptors (Lipinski definition) is 5. The van der Waals surface area contributed by atoms with Gasteiger partial charge >= 0.3 is 7.94 Å². The van der Waals surface area contributed by atoms with Gasteiger partial charge < -0.3 is 0 Å². The van der Waals surface area contributed by atoms with Crippen LogP contribution >= 0.6 is 7.94 Å². The molecule has 0 bridgehead atoms. The van der Waals surface area contributed by atoms with Gasteiger partial charge in [0.1, 0.15) is 6.66 Å². The summed E-state index contributed by atoms with van der Waals surface area (Å²) in [4.78, 5) is 9.15. The SMILES string of the molecule is CCO[P+](C)(O)OCC.Cc1ccccc1S(=O)(=O)O. The molecular formula is C12H22O6PS+. The minimum absolute atomic E-state index is 0.0278. The van der Waals surface area contributed by atoms with Crippen LogP contribution in [0, 0.1) is 6.92 Å². The van der Waals surface area contributed by atoms with Gasteiger partial charge in [-0.1, -0.05) is 18.2 Å². The summed E-state index contributed by atoms with van der Waals surface area (Å²) in [5.41, 5.74) is 0.551. The highest BCUT2D eigenvalue weighted by molar-refractivity contribution is 7.85. The van der Waals surface area contributed by atoms with Crippen LogP contribution < -0.4 is 0 Å². The van der Waals surface area contributed by atoms with E-state index in [-0.39, 0.29) is 4.90 Å². The Balaban J connectivity index is 0.000000370. The summed E-state index contributed by atoms with van der Waals surface area (Å²) in [6.07, 6.45) is 0. The molecule has 8 heteroatoms. The molecule has 0 saturated heterocycles. The third kappa shape index (κ3) is 7.89. The fourth-order valence-electron chi connectivity index (χ4n) is 1.36. The topological polar surface area (TPSA) is 93.1 Å². The second kappa shape index (κ2) is 8.67. The molecule has 0 fully saturated rings. The van der Waals surface area contributed by atoms with Gasteiger partial charge in [-0.05, 0) is 32.4 Å². The summed E-state index contributed by atoms with van der Waals surface area (Å²) < 4.78 is 39.7. The van der Waals surface area contributed by atoms with Gasteiger partial charge in [-0.25, -0.2) is 0 Å². The fourth-order valence-corrected chi connectivity index (χ4v) is 3.12. The maximum atomic E-state index is 10.6. The highest BCUT2D eigenvalue weighted by Gasteiger charge is 2.31. The lowest BCUT2D eigenvalue weighted by Gasteiger charge is -2.09. The molecule has 0 radical (unpaired) electrons. The first-order valence-corrected chi connectivity index (χ1v) is 9.52. The second-order valence-electron chi connectivity index (χ2n) is 3.88. The highest BCUT2D eigenvalue weighted by Crippen LogP contribution is 2.52. The molecule has 0 aliphatic heterocycles. The molecule has 116 valence electrons. The lowest BCUT2D eigenvalue weighted by molar-refractivity contribution is 0.195. The van der Waals surface area contributed by atoms with Crippen LogP contribution in [0.25, 0.3) is 0 Å². The van der Waals surface area contributed by atoms with E-state index in [4.69, 9.17) is 13.6 Å². The van der Waals surface area contributed by atoms with Crippen LogP contribution in [0.5, 0.6) is 0 Å². The van der Waals surface area contributed by atoms with Gasteiger partial charge in [0.25, 0.3) is 10.1 Å². The van der Waals surface area contributed by atoms with E-state index in [2.05, 4.69) is 0 Å². The highest BCUT2D eigenvalue weighted by atomic mass is 32.2.